The van der Waals surface area contributed by atoms with Crippen molar-refractivity contribution in [2.45, 2.75) is 17.0 Å². The lowest BCUT2D eigenvalue weighted by Gasteiger charge is -2.24. The summed E-state index contributed by atoms with van der Waals surface area (Å²) in [6.07, 6.45) is 3.07. The molecule has 34 heavy (non-hydrogen) atoms. The molecule has 0 aliphatic heterocycles. The number of nitrogens with one attached hydrogen (secondary N) is 1. The summed E-state index contributed by atoms with van der Waals surface area (Å²) in [5.74, 6) is -0.667. The molecule has 0 spiro atoms. The molecule has 0 aliphatic carbocycles. The molecular weight excluding hydrogens is 450 g/mol. The van der Waals surface area contributed by atoms with Gasteiger partial charge in [-0.3, -0.25) is 9.98 Å². The number of rotatable bonds is 8. The van der Waals surface area contributed by atoms with Gasteiger partial charge >= 0.3 is 5.97 Å². The Morgan fingerprint density at radius 1 is 0.941 bits per heavy atom. The first-order valence-electron chi connectivity index (χ1n) is 10.6. The van der Waals surface area contributed by atoms with Gasteiger partial charge in [0.2, 0.25) is 10.0 Å². The SMILES string of the molecule is COC(=O)[C@@H](N=Cc1ccccc1)[C@@H](NS(=O)(=O)c1cccc2cccnc12)c1ccccc1. The van der Waals surface area contributed by atoms with Crippen molar-refractivity contribution in [3.8, 4) is 0 Å². The molecule has 172 valence electrons. The highest BCUT2D eigenvalue weighted by Crippen LogP contribution is 2.26. The fraction of sp³-hybridized carbons (Fsp3) is 0.115. The van der Waals surface area contributed by atoms with Crippen LogP contribution in [0.2, 0.25) is 0 Å². The first-order chi connectivity index (χ1) is 16.5. The maximum atomic E-state index is 13.6. The number of pyridine rings is 1. The van der Waals surface area contributed by atoms with Crippen molar-refractivity contribution in [1.82, 2.24) is 9.71 Å². The normalized spacial score (nSPS) is 13.6. The van der Waals surface area contributed by atoms with Crippen molar-refractivity contribution >= 4 is 33.1 Å². The van der Waals surface area contributed by atoms with Crippen LogP contribution in [0.3, 0.4) is 0 Å². The highest BCUT2D eigenvalue weighted by Gasteiger charge is 2.34. The van der Waals surface area contributed by atoms with E-state index in [1.165, 1.54) is 25.6 Å². The fourth-order valence-corrected chi connectivity index (χ4v) is 5.02. The molecule has 0 saturated carbocycles. The standard InChI is InChI=1S/C26H23N3O4S/c1-33-26(30)25(28-18-19-10-4-2-5-11-19)24(21-12-6-3-7-13-21)29-34(31,32)22-16-8-14-20-15-9-17-27-23(20)22/h2-18,24-25,29H,1H3/t24-,25-/m0/s1. The number of carbonyl (C=O) groups is 1. The molecule has 3 aromatic carbocycles. The summed E-state index contributed by atoms with van der Waals surface area (Å²) < 4.78 is 34.8. The van der Waals surface area contributed by atoms with Crippen LogP contribution >= 0.6 is 0 Å². The van der Waals surface area contributed by atoms with Crippen molar-refractivity contribution < 1.29 is 17.9 Å². The van der Waals surface area contributed by atoms with Gasteiger partial charge in [0.15, 0.2) is 6.04 Å². The molecule has 2 atom stereocenters. The van der Waals surface area contributed by atoms with Gasteiger partial charge in [-0.25, -0.2) is 17.9 Å². The molecule has 0 aliphatic rings. The Morgan fingerprint density at radius 2 is 1.62 bits per heavy atom. The Labute approximate surface area is 198 Å². The third kappa shape index (κ3) is 5.19. The summed E-state index contributed by atoms with van der Waals surface area (Å²) in [5, 5.41) is 0.688. The number of benzene rings is 3. The van der Waals surface area contributed by atoms with Crippen LogP contribution in [0, 0.1) is 0 Å². The zero-order valence-electron chi connectivity index (χ0n) is 18.4. The largest absolute Gasteiger partial charge is 0.467 e. The molecular formula is C26H23N3O4S. The quantitative estimate of drug-likeness (QED) is 0.309. The lowest BCUT2D eigenvalue weighted by molar-refractivity contribution is -0.142. The summed E-state index contributed by atoms with van der Waals surface area (Å²) in [4.78, 5) is 21.5. The maximum absolute atomic E-state index is 13.6. The zero-order valence-corrected chi connectivity index (χ0v) is 19.2. The average molecular weight is 474 g/mol. The molecule has 0 saturated heterocycles. The van der Waals surface area contributed by atoms with Crippen LogP contribution in [0.5, 0.6) is 0 Å². The van der Waals surface area contributed by atoms with E-state index in [4.69, 9.17) is 4.74 Å². The lowest BCUT2D eigenvalue weighted by Crippen LogP contribution is -2.40. The smallest absolute Gasteiger partial charge is 0.332 e. The topological polar surface area (TPSA) is 97.7 Å². The number of ether oxygens (including phenoxy) is 1. The maximum Gasteiger partial charge on any atom is 0.332 e. The van der Waals surface area contributed by atoms with E-state index < -0.39 is 28.1 Å². The minimum atomic E-state index is -4.10. The molecule has 0 fully saturated rings. The number of carbonyl (C=O) groups excluding carboxylic acids is 1. The van der Waals surface area contributed by atoms with Crippen LogP contribution < -0.4 is 4.72 Å². The monoisotopic (exact) mass is 473 g/mol. The predicted octanol–water partition coefficient (Wildman–Crippen LogP) is 3.92. The number of nitrogens with zero attached hydrogens (tertiary/aromatic N) is 2. The fourth-order valence-electron chi connectivity index (χ4n) is 3.61. The zero-order chi connectivity index (χ0) is 24.0. The van der Waals surface area contributed by atoms with Crippen LogP contribution in [0.4, 0.5) is 0 Å². The highest BCUT2D eigenvalue weighted by atomic mass is 32.2. The van der Waals surface area contributed by atoms with Crippen molar-refractivity contribution in [3.63, 3.8) is 0 Å². The molecule has 7 nitrogen and oxygen atoms in total. The second kappa shape index (κ2) is 10.4. The number of esters is 1. The van der Waals surface area contributed by atoms with Gasteiger partial charge in [-0.2, -0.15) is 0 Å². The number of fused-ring (bicyclic) bond motifs is 1. The Morgan fingerprint density at radius 3 is 2.32 bits per heavy atom. The molecule has 4 aromatic rings. The molecule has 1 N–H and O–H groups in total. The summed E-state index contributed by atoms with van der Waals surface area (Å²) >= 11 is 0. The van der Waals surface area contributed by atoms with Crippen molar-refractivity contribution in [1.29, 1.82) is 0 Å². The van der Waals surface area contributed by atoms with Gasteiger partial charge in [-0.05, 0) is 23.3 Å². The van der Waals surface area contributed by atoms with E-state index in [0.717, 1.165) is 5.56 Å². The first-order valence-corrected chi connectivity index (χ1v) is 12.0. The minimum Gasteiger partial charge on any atom is -0.467 e. The van der Waals surface area contributed by atoms with E-state index in [1.54, 1.807) is 48.5 Å². The van der Waals surface area contributed by atoms with Crippen molar-refractivity contribution in [3.05, 3.63) is 108 Å². The average Bonchev–Trinajstić information content (AvgIpc) is 2.88. The van der Waals surface area contributed by atoms with Gasteiger partial charge in [0.25, 0.3) is 0 Å². The van der Waals surface area contributed by atoms with Crippen LogP contribution in [0.1, 0.15) is 17.2 Å². The lowest BCUT2D eigenvalue weighted by atomic mass is 10.0. The number of aromatic nitrogens is 1. The number of hydrogen-bond acceptors (Lipinski definition) is 6. The van der Waals surface area contributed by atoms with E-state index in [0.29, 0.717) is 16.5 Å². The second-order valence-corrected chi connectivity index (χ2v) is 9.18. The Kier molecular flexibility index (Phi) is 7.10. The second-order valence-electron chi connectivity index (χ2n) is 7.50. The van der Waals surface area contributed by atoms with Crippen LogP contribution in [-0.2, 0) is 19.6 Å². The molecule has 1 aromatic heterocycles. The summed E-state index contributed by atoms with van der Waals surface area (Å²) in [6.45, 7) is 0. The molecule has 0 radical (unpaired) electrons. The third-order valence-electron chi connectivity index (χ3n) is 5.27. The first kappa shape index (κ1) is 23.3. The Balaban J connectivity index is 1.79. The number of sulfonamides is 1. The number of hydrogen-bond donors (Lipinski definition) is 1. The summed E-state index contributed by atoms with van der Waals surface area (Å²) in [5.41, 5.74) is 1.68. The summed E-state index contributed by atoms with van der Waals surface area (Å²) in [6, 6.07) is 24.3. The Bertz CT molecular complexity index is 1400. The van der Waals surface area contributed by atoms with E-state index in [1.807, 2.05) is 36.4 Å². The van der Waals surface area contributed by atoms with E-state index in [2.05, 4.69) is 14.7 Å². The van der Waals surface area contributed by atoms with E-state index in [-0.39, 0.29) is 4.90 Å². The molecule has 4 rings (SSSR count). The molecule has 8 heteroatoms. The van der Waals surface area contributed by atoms with Gasteiger partial charge in [-0.15, -0.1) is 0 Å². The molecule has 0 bridgehead atoms. The van der Waals surface area contributed by atoms with Crippen molar-refractivity contribution in [2.24, 2.45) is 4.99 Å². The number of para-hydroxylation sites is 1. The molecule has 0 amide bonds. The number of aliphatic imine (C=N–C) groups is 1. The van der Waals surface area contributed by atoms with Gasteiger partial charge in [0.05, 0.1) is 18.7 Å². The van der Waals surface area contributed by atoms with Crippen molar-refractivity contribution in [2.75, 3.05) is 7.11 Å². The van der Waals surface area contributed by atoms with Gasteiger partial charge in [-0.1, -0.05) is 78.9 Å². The molecule has 0 unspecified atom stereocenters. The van der Waals surface area contributed by atoms with Gasteiger partial charge in [0.1, 0.15) is 4.90 Å². The summed E-state index contributed by atoms with van der Waals surface area (Å²) in [7, 11) is -2.85. The van der Waals surface area contributed by atoms with E-state index >= 15 is 0 Å². The van der Waals surface area contributed by atoms with Crippen LogP contribution in [0.15, 0.2) is 107 Å². The van der Waals surface area contributed by atoms with Gasteiger partial charge < -0.3 is 4.74 Å². The molecule has 1 heterocycles. The Hall–Kier alpha value is -3.88. The number of methoxy groups -OCH3 is 1. The highest BCUT2D eigenvalue weighted by molar-refractivity contribution is 7.89. The van der Waals surface area contributed by atoms with E-state index in [9.17, 15) is 13.2 Å². The predicted molar refractivity (Wildman–Crippen MR) is 131 cm³/mol. The van der Waals surface area contributed by atoms with Gasteiger partial charge in [0, 0.05) is 17.8 Å². The van der Waals surface area contributed by atoms with Crippen LogP contribution in [-0.4, -0.2) is 38.7 Å². The van der Waals surface area contributed by atoms with Crippen LogP contribution in [0.25, 0.3) is 10.9 Å². The minimum absolute atomic E-state index is 0.0159. The third-order valence-corrected chi connectivity index (χ3v) is 6.74.